The molecule has 0 aromatic heterocycles. The van der Waals surface area contributed by atoms with E-state index in [1.807, 2.05) is 0 Å². The monoisotopic (exact) mass is 132 g/mol. The first-order chi connectivity index (χ1) is 4.72. The molecule has 1 heteroatoms. The van der Waals surface area contributed by atoms with Gasteiger partial charge in [0.2, 0.25) is 0 Å². The van der Waals surface area contributed by atoms with Crippen LogP contribution in [0, 0.1) is 0 Å². The molecular formula is C9H8O. The average molecular weight is 132 g/mol. The summed E-state index contributed by atoms with van der Waals surface area (Å²) in [7, 11) is 0. The molecule has 0 aliphatic carbocycles. The summed E-state index contributed by atoms with van der Waals surface area (Å²) in [6.45, 7) is 7.14. The van der Waals surface area contributed by atoms with E-state index < -0.39 is 0 Å². The molecule has 0 bridgehead atoms. The molecule has 0 N–H and O–H groups in total. The zero-order valence-corrected chi connectivity index (χ0v) is 5.63. The van der Waals surface area contributed by atoms with Crippen molar-refractivity contribution < 1.29 is 0 Å². The van der Waals surface area contributed by atoms with E-state index in [0.29, 0.717) is 10.4 Å². The fourth-order valence-corrected chi connectivity index (χ4v) is 0.701. The molecule has 1 aromatic rings. The molecule has 0 amide bonds. The van der Waals surface area contributed by atoms with Crippen LogP contribution in [0.5, 0.6) is 0 Å². The van der Waals surface area contributed by atoms with Crippen molar-refractivity contribution in [2.45, 2.75) is 0 Å². The third kappa shape index (κ3) is 1.13. The third-order valence-corrected chi connectivity index (χ3v) is 1.29. The first-order valence-electron chi connectivity index (χ1n) is 2.99. The van der Waals surface area contributed by atoms with Crippen molar-refractivity contribution in [3.05, 3.63) is 44.9 Å². The van der Waals surface area contributed by atoms with Gasteiger partial charge in [-0.25, -0.2) is 0 Å². The van der Waals surface area contributed by atoms with E-state index in [-0.39, 0.29) is 5.43 Å². The van der Waals surface area contributed by atoms with Crippen LogP contribution in [-0.2, 0) is 0 Å². The highest BCUT2D eigenvalue weighted by atomic mass is 16.1. The lowest BCUT2D eigenvalue weighted by Crippen LogP contribution is -2.32. The summed E-state index contributed by atoms with van der Waals surface area (Å²) in [5.41, 5.74) is -0.0787. The van der Waals surface area contributed by atoms with Crippen molar-refractivity contribution in [2.24, 2.45) is 0 Å². The summed E-state index contributed by atoms with van der Waals surface area (Å²) in [6.07, 6.45) is 0. The van der Waals surface area contributed by atoms with Gasteiger partial charge in [-0.1, -0.05) is 37.4 Å². The summed E-state index contributed by atoms with van der Waals surface area (Å²) in [5.74, 6) is 0. The number of rotatable bonds is 0. The lowest BCUT2D eigenvalue weighted by molar-refractivity contribution is 1.52. The normalized spacial score (nSPS) is 9.20. The van der Waals surface area contributed by atoms with Gasteiger partial charge in [0.15, 0.2) is 5.43 Å². The topological polar surface area (TPSA) is 17.1 Å². The van der Waals surface area contributed by atoms with Crippen LogP contribution in [0.15, 0.2) is 29.1 Å². The van der Waals surface area contributed by atoms with Crippen molar-refractivity contribution in [3.8, 4) is 0 Å². The van der Waals surface area contributed by atoms with Crippen LogP contribution in [0.25, 0.3) is 13.2 Å². The van der Waals surface area contributed by atoms with E-state index in [1.54, 1.807) is 24.3 Å². The Bertz CT molecular complexity index is 343. The quantitative estimate of drug-likeness (QED) is 0.480. The predicted octanol–water partition coefficient (Wildman–Crippen LogP) is -0.133. The summed E-state index contributed by atoms with van der Waals surface area (Å²) < 4.78 is 0. The highest BCUT2D eigenvalue weighted by Gasteiger charge is 1.81. The SMILES string of the molecule is C=c1ccccc(=C)c1=O. The van der Waals surface area contributed by atoms with E-state index in [9.17, 15) is 4.79 Å². The van der Waals surface area contributed by atoms with Gasteiger partial charge in [-0.05, 0) is 0 Å². The zero-order valence-electron chi connectivity index (χ0n) is 5.63. The number of hydrogen-bond acceptors (Lipinski definition) is 1. The molecule has 0 aliphatic heterocycles. The second-order valence-electron chi connectivity index (χ2n) is 2.10. The summed E-state index contributed by atoms with van der Waals surface area (Å²) in [5, 5.41) is 0.991. The third-order valence-electron chi connectivity index (χ3n) is 1.29. The Morgan fingerprint density at radius 1 is 1.00 bits per heavy atom. The molecular weight excluding hydrogens is 124 g/mol. The van der Waals surface area contributed by atoms with E-state index >= 15 is 0 Å². The Hall–Kier alpha value is -1.37. The van der Waals surface area contributed by atoms with E-state index in [2.05, 4.69) is 13.2 Å². The Balaban J connectivity index is 3.89. The molecule has 0 heterocycles. The van der Waals surface area contributed by atoms with Gasteiger partial charge in [0.25, 0.3) is 0 Å². The second kappa shape index (κ2) is 2.48. The summed E-state index contributed by atoms with van der Waals surface area (Å²) >= 11 is 0. The molecule has 0 saturated carbocycles. The standard InChI is InChI=1S/C9H8O/c1-7-5-3-4-6-8(2)9(7)10/h3-6H,1-2H2. The maximum Gasteiger partial charge on any atom is 0.191 e. The Kier molecular flexibility index (Phi) is 1.67. The minimum Gasteiger partial charge on any atom is -0.289 e. The highest BCUT2D eigenvalue weighted by molar-refractivity contribution is 5.13. The van der Waals surface area contributed by atoms with Gasteiger partial charge in [0, 0.05) is 10.4 Å². The Morgan fingerprint density at radius 2 is 1.40 bits per heavy atom. The molecule has 0 atom stereocenters. The van der Waals surface area contributed by atoms with Crippen molar-refractivity contribution in [2.75, 3.05) is 0 Å². The van der Waals surface area contributed by atoms with Crippen molar-refractivity contribution in [1.29, 1.82) is 0 Å². The maximum atomic E-state index is 11.0. The van der Waals surface area contributed by atoms with Crippen molar-refractivity contribution in [1.82, 2.24) is 0 Å². The molecule has 0 unspecified atom stereocenters. The van der Waals surface area contributed by atoms with Crippen LogP contribution in [0.1, 0.15) is 0 Å². The average Bonchev–Trinajstić information content (AvgIpc) is 2.04. The number of hydrogen-bond donors (Lipinski definition) is 0. The van der Waals surface area contributed by atoms with Gasteiger partial charge in [-0.3, -0.25) is 4.79 Å². The Labute approximate surface area is 59.0 Å². The predicted molar refractivity (Wildman–Crippen MR) is 43.0 cm³/mol. The van der Waals surface area contributed by atoms with Crippen molar-refractivity contribution >= 4 is 13.2 Å². The molecule has 0 spiro atoms. The molecule has 0 fully saturated rings. The van der Waals surface area contributed by atoms with Crippen LogP contribution in [0.4, 0.5) is 0 Å². The van der Waals surface area contributed by atoms with E-state index in [4.69, 9.17) is 0 Å². The van der Waals surface area contributed by atoms with Gasteiger partial charge >= 0.3 is 0 Å². The van der Waals surface area contributed by atoms with Crippen molar-refractivity contribution in [3.63, 3.8) is 0 Å². The maximum absolute atomic E-state index is 11.0. The molecule has 1 aromatic carbocycles. The molecule has 50 valence electrons. The largest absolute Gasteiger partial charge is 0.289 e. The molecule has 0 aliphatic rings. The van der Waals surface area contributed by atoms with E-state index in [1.165, 1.54) is 0 Å². The van der Waals surface area contributed by atoms with Gasteiger partial charge in [-0.15, -0.1) is 0 Å². The molecule has 0 saturated heterocycles. The lowest BCUT2D eigenvalue weighted by atomic mass is 10.4. The zero-order chi connectivity index (χ0) is 7.56. The fourth-order valence-electron chi connectivity index (χ4n) is 0.701. The second-order valence-corrected chi connectivity index (χ2v) is 2.10. The first-order valence-corrected chi connectivity index (χ1v) is 2.99. The minimum atomic E-state index is -0.0787. The van der Waals surface area contributed by atoms with Crippen LogP contribution in [-0.4, -0.2) is 0 Å². The smallest absolute Gasteiger partial charge is 0.191 e. The van der Waals surface area contributed by atoms with Crippen LogP contribution < -0.4 is 15.9 Å². The first kappa shape index (κ1) is 6.75. The molecule has 1 rings (SSSR count). The van der Waals surface area contributed by atoms with Gasteiger partial charge in [0.05, 0.1) is 0 Å². The molecule has 1 nitrogen and oxygen atoms in total. The highest BCUT2D eigenvalue weighted by Crippen LogP contribution is 1.64. The molecule has 10 heavy (non-hydrogen) atoms. The summed E-state index contributed by atoms with van der Waals surface area (Å²) in [6, 6.07) is 6.91. The van der Waals surface area contributed by atoms with Gasteiger partial charge in [0.1, 0.15) is 0 Å². The van der Waals surface area contributed by atoms with Crippen LogP contribution in [0.3, 0.4) is 0 Å². The van der Waals surface area contributed by atoms with Crippen LogP contribution >= 0.6 is 0 Å². The van der Waals surface area contributed by atoms with Crippen LogP contribution in [0.2, 0.25) is 0 Å². The lowest BCUT2D eigenvalue weighted by Gasteiger charge is -1.68. The Morgan fingerprint density at radius 3 is 1.80 bits per heavy atom. The summed E-state index contributed by atoms with van der Waals surface area (Å²) in [4.78, 5) is 11.0. The van der Waals surface area contributed by atoms with E-state index in [0.717, 1.165) is 0 Å². The van der Waals surface area contributed by atoms with Gasteiger partial charge < -0.3 is 0 Å². The fraction of sp³-hybridized carbons (Fsp3) is 0. The van der Waals surface area contributed by atoms with Gasteiger partial charge in [-0.2, -0.15) is 0 Å². The minimum absolute atomic E-state index is 0.0787. The molecule has 0 radical (unpaired) electrons.